The van der Waals surface area contributed by atoms with Crippen LogP contribution >= 0.6 is 0 Å². The minimum Gasteiger partial charge on any atom is -0.700 e. The molecular weight excluding hydrogens is 114 g/mol. The van der Waals surface area contributed by atoms with E-state index in [1.165, 1.54) is 0 Å². The number of hydrogen-bond acceptors (Lipinski definition) is 0. The average molecular weight is 120 g/mol. The first-order valence-electron chi connectivity index (χ1n) is 2.33. The summed E-state index contributed by atoms with van der Waals surface area (Å²) in [6.07, 6.45) is 0. The van der Waals surface area contributed by atoms with E-state index < -0.39 is 0 Å². The Kier molecular flexibility index (Phi) is 7.32. The largest absolute Gasteiger partial charge is 1.00 e. The molecule has 2 nitrogen and oxygen atoms in total. The van der Waals surface area contributed by atoms with E-state index in [0.717, 1.165) is 0 Å². The quantitative estimate of drug-likeness (QED) is 0.329. The van der Waals surface area contributed by atoms with Crippen LogP contribution in [0.4, 0.5) is 11.4 Å². The van der Waals surface area contributed by atoms with Crippen LogP contribution in [0, 0.1) is 0 Å². The van der Waals surface area contributed by atoms with Gasteiger partial charge in [0.05, 0.1) is 0 Å². The molecule has 1 aromatic rings. The Bertz CT molecular complexity index is 170. The summed E-state index contributed by atoms with van der Waals surface area (Å²) < 4.78 is 0. The summed E-state index contributed by atoms with van der Waals surface area (Å²) in [7, 11) is 0. The normalized spacial score (nSPS) is 7.20. The van der Waals surface area contributed by atoms with Gasteiger partial charge in [-0.15, -0.1) is 0 Å². The third-order valence-corrected chi connectivity index (χ3v) is 0.927. The minimum atomic E-state index is 0. The number of hydrogen-bond donors (Lipinski definition) is 0. The van der Waals surface area contributed by atoms with Gasteiger partial charge in [0.1, 0.15) is 0 Å². The van der Waals surface area contributed by atoms with Crippen molar-refractivity contribution in [3.8, 4) is 0 Å². The summed E-state index contributed by atoms with van der Waals surface area (Å²) in [5, 5.41) is 0. The summed E-state index contributed by atoms with van der Waals surface area (Å²) in [4.78, 5) is 0. The molecule has 0 atom stereocenters. The second kappa shape index (κ2) is 5.77. The smallest absolute Gasteiger partial charge is 0.700 e. The van der Waals surface area contributed by atoms with Gasteiger partial charge in [0.2, 0.25) is 0 Å². The average Bonchev–Trinajstić information content (AvgIpc) is 1.77. The number of nitrogens with one attached hydrogen (secondary N) is 2. The van der Waals surface area contributed by atoms with Crippen LogP contribution in [0.2, 0.25) is 0 Å². The van der Waals surface area contributed by atoms with Gasteiger partial charge in [0.25, 0.3) is 0 Å². The fourth-order valence-corrected chi connectivity index (χ4v) is 0.483. The van der Waals surface area contributed by atoms with Crippen molar-refractivity contribution in [2.45, 2.75) is 0 Å². The van der Waals surface area contributed by atoms with Crippen LogP contribution < -0.4 is 37.7 Å². The molecule has 0 aliphatic rings. The molecule has 0 bridgehead atoms. The van der Waals surface area contributed by atoms with Crippen molar-refractivity contribution < 1.29 is 37.7 Å². The van der Waals surface area contributed by atoms with Gasteiger partial charge in [-0.1, -0.05) is 24.3 Å². The maximum absolute atomic E-state index is 7.03. The van der Waals surface area contributed by atoms with Crippen molar-refractivity contribution in [2.75, 3.05) is 0 Å². The van der Waals surface area contributed by atoms with Crippen LogP contribution in [0.3, 0.4) is 0 Å². The van der Waals surface area contributed by atoms with E-state index in [9.17, 15) is 0 Å². The summed E-state index contributed by atoms with van der Waals surface area (Å²) >= 11 is 0. The molecule has 42 valence electrons. The van der Waals surface area contributed by atoms with Crippen LogP contribution in [0.5, 0.6) is 0 Å². The summed E-state index contributed by atoms with van der Waals surface area (Å²) in [5.74, 6) is 0. The van der Waals surface area contributed by atoms with Gasteiger partial charge >= 0.3 is 37.7 Å². The number of rotatable bonds is 0. The van der Waals surface area contributed by atoms with E-state index in [4.69, 9.17) is 11.5 Å². The molecule has 1 aromatic carbocycles. The second-order valence-electron chi connectivity index (χ2n) is 1.55. The second-order valence-corrected chi connectivity index (χ2v) is 1.55. The third-order valence-electron chi connectivity index (χ3n) is 0.927. The molecule has 0 amide bonds. The van der Waals surface area contributed by atoms with E-state index in [1.807, 2.05) is 0 Å². The molecule has 0 unspecified atom stereocenters. The maximum atomic E-state index is 7.03. The zero-order valence-corrected chi connectivity index (χ0v) is 6.31. The topological polar surface area (TPSA) is 47.6 Å². The molecule has 0 fully saturated rings. The van der Waals surface area contributed by atoms with Crippen LogP contribution in [0.1, 0.15) is 0 Å². The zero-order valence-electron chi connectivity index (χ0n) is 6.31. The molecule has 0 radical (unpaired) electrons. The van der Waals surface area contributed by atoms with Gasteiger partial charge in [-0.25, -0.2) is 0 Å². The van der Waals surface area contributed by atoms with Crippen molar-refractivity contribution in [3.63, 3.8) is 0 Å². The molecule has 0 aromatic heterocycles. The zero-order chi connectivity index (χ0) is 5.98. The van der Waals surface area contributed by atoms with Crippen molar-refractivity contribution >= 4 is 11.4 Å². The van der Waals surface area contributed by atoms with Crippen LogP contribution in [0.25, 0.3) is 11.5 Å². The van der Waals surface area contributed by atoms with Gasteiger partial charge in [0.15, 0.2) is 0 Å². The SMILES string of the molecule is [Li+].[Li+].[NH-]c1ccccc1[NH-]. The molecule has 0 spiro atoms. The molecule has 0 heterocycles. The van der Waals surface area contributed by atoms with Crippen molar-refractivity contribution in [3.05, 3.63) is 35.7 Å². The molecule has 0 aliphatic heterocycles. The molecule has 10 heavy (non-hydrogen) atoms. The predicted octanol–water partition coefficient (Wildman–Crippen LogP) is -2.94. The third kappa shape index (κ3) is 3.25. The Morgan fingerprint density at radius 1 is 0.800 bits per heavy atom. The molecule has 0 saturated heterocycles. The summed E-state index contributed by atoms with van der Waals surface area (Å²) in [6, 6.07) is 6.70. The van der Waals surface area contributed by atoms with Gasteiger partial charge in [-0.2, -0.15) is 11.4 Å². The fourth-order valence-electron chi connectivity index (χ4n) is 0.483. The molecule has 2 N–H and O–H groups in total. The summed E-state index contributed by atoms with van der Waals surface area (Å²) in [5.41, 5.74) is 14.6. The molecular formula is C6H6Li2N2. The van der Waals surface area contributed by atoms with Crippen molar-refractivity contribution in [1.29, 1.82) is 0 Å². The first-order chi connectivity index (χ1) is 3.80. The Morgan fingerprint density at radius 2 is 1.10 bits per heavy atom. The number of benzene rings is 1. The van der Waals surface area contributed by atoms with Crippen LogP contribution in [0.15, 0.2) is 24.3 Å². The monoisotopic (exact) mass is 120 g/mol. The van der Waals surface area contributed by atoms with Crippen LogP contribution in [-0.2, 0) is 0 Å². The van der Waals surface area contributed by atoms with Gasteiger partial charge in [-0.3, -0.25) is 0 Å². The Morgan fingerprint density at radius 3 is 1.30 bits per heavy atom. The first kappa shape index (κ1) is 12.7. The predicted molar refractivity (Wildman–Crippen MR) is 34.4 cm³/mol. The standard InChI is InChI=1S/C6H6N2.2Li/c7-5-3-1-2-4-6(5)8;;/h1-4,7-8H;;/q-2;2*+1. The van der Waals surface area contributed by atoms with Crippen LogP contribution in [-0.4, -0.2) is 0 Å². The van der Waals surface area contributed by atoms with Crippen molar-refractivity contribution in [2.24, 2.45) is 0 Å². The van der Waals surface area contributed by atoms with Gasteiger partial charge in [-0.05, 0) is 0 Å². The Hall–Kier alpha value is 0.0148. The maximum Gasteiger partial charge on any atom is 1.00 e. The molecule has 0 saturated carbocycles. The van der Waals surface area contributed by atoms with E-state index in [-0.39, 0.29) is 49.1 Å². The first-order valence-corrected chi connectivity index (χ1v) is 2.33. The van der Waals surface area contributed by atoms with E-state index in [1.54, 1.807) is 24.3 Å². The molecule has 1 rings (SSSR count). The van der Waals surface area contributed by atoms with E-state index >= 15 is 0 Å². The Labute approximate surface area is 84.7 Å². The minimum absolute atomic E-state index is 0. The van der Waals surface area contributed by atoms with Crippen molar-refractivity contribution in [1.82, 2.24) is 0 Å². The fraction of sp³-hybridized carbons (Fsp3) is 0. The summed E-state index contributed by atoms with van der Waals surface area (Å²) in [6.45, 7) is 0. The van der Waals surface area contributed by atoms with Gasteiger partial charge in [0, 0.05) is 0 Å². The Balaban J connectivity index is 0. The molecule has 4 heteroatoms. The van der Waals surface area contributed by atoms with Gasteiger partial charge < -0.3 is 11.5 Å². The van der Waals surface area contributed by atoms with E-state index in [2.05, 4.69) is 0 Å². The molecule has 0 aliphatic carbocycles. The van der Waals surface area contributed by atoms with E-state index in [0.29, 0.717) is 0 Å².